The molecule has 2 aromatic carbocycles. The van der Waals surface area contributed by atoms with E-state index in [1.807, 2.05) is 24.3 Å². The molecule has 2 heterocycles. The molecule has 3 aromatic rings. The summed E-state index contributed by atoms with van der Waals surface area (Å²) in [6.45, 7) is 12.3. The van der Waals surface area contributed by atoms with E-state index in [0.717, 1.165) is 16.8 Å². The Labute approximate surface area is 200 Å². The molecule has 180 valence electrons. The molecule has 1 aromatic heterocycles. The maximum absolute atomic E-state index is 12.8. The number of benzene rings is 2. The Bertz CT molecular complexity index is 1360. The number of allylic oxidation sites excluding steroid dienone is 1. The first-order valence-corrected chi connectivity index (χ1v) is 12.7. The first-order chi connectivity index (χ1) is 16.2. The monoisotopic (exact) mass is 482 g/mol. The van der Waals surface area contributed by atoms with Crippen LogP contribution in [0.1, 0.15) is 37.6 Å². The Morgan fingerprint density at radius 3 is 2.21 bits per heavy atom. The lowest BCUT2D eigenvalue weighted by Crippen LogP contribution is -3.11. The molecule has 8 nitrogen and oxygen atoms in total. The number of hydrogen-bond acceptors (Lipinski definition) is 5. The lowest BCUT2D eigenvalue weighted by Gasteiger charge is -2.10. The van der Waals surface area contributed by atoms with Crippen LogP contribution in [0, 0.1) is 6.92 Å². The number of hydrogen-bond donors (Lipinski definition) is 2. The van der Waals surface area contributed by atoms with Gasteiger partial charge in [-0.15, -0.1) is 0 Å². The summed E-state index contributed by atoms with van der Waals surface area (Å²) >= 11 is 0. The Morgan fingerprint density at radius 1 is 1.03 bits per heavy atom. The van der Waals surface area contributed by atoms with Crippen molar-refractivity contribution in [2.75, 3.05) is 19.6 Å². The number of rotatable bonds is 6. The van der Waals surface area contributed by atoms with Crippen molar-refractivity contribution in [3.8, 4) is 5.69 Å². The van der Waals surface area contributed by atoms with Gasteiger partial charge in [-0.3, -0.25) is 14.9 Å². The van der Waals surface area contributed by atoms with Gasteiger partial charge in [0, 0.05) is 23.0 Å². The number of nitrogens with one attached hydrogen (secondary N) is 2. The van der Waals surface area contributed by atoms with E-state index in [-0.39, 0.29) is 10.5 Å². The van der Waals surface area contributed by atoms with Crippen LogP contribution in [0.5, 0.6) is 0 Å². The van der Waals surface area contributed by atoms with Crippen LogP contribution >= 0.6 is 0 Å². The molecule has 0 fully saturated rings. The number of quaternary nitrogens is 1. The van der Waals surface area contributed by atoms with Crippen molar-refractivity contribution in [2.45, 2.75) is 32.6 Å². The molecule has 0 bridgehead atoms. The smallest absolute Gasteiger partial charge is 0.278 e. The predicted octanol–water partition coefficient (Wildman–Crippen LogP) is 2.57. The highest BCUT2D eigenvalue weighted by Gasteiger charge is 2.15. The van der Waals surface area contributed by atoms with Gasteiger partial charge in [-0.2, -0.15) is 0 Å². The standard InChI is InChI=1S/C19H15N3O4S.C6H15N/c1-12-17(10-13-11-20-18-5-3-2-4-16(13)18)19(23)22(21-12)14-6-8-15(9-7-14)27(24,25)26;1-4-7(5-2)6-3/h2-11,21H,1H3,(H,24,25,26);4-6H2,1-3H3/b13-10-;. The minimum atomic E-state index is -4.53. The third-order valence-electron chi connectivity index (χ3n) is 5.86. The normalized spacial score (nSPS) is 13.8. The molecule has 0 spiro atoms. The van der Waals surface area contributed by atoms with Crippen LogP contribution in [-0.4, -0.2) is 48.6 Å². The molecule has 0 unspecified atom stereocenters. The van der Waals surface area contributed by atoms with Gasteiger partial charge in [0.1, 0.15) is 10.1 Å². The van der Waals surface area contributed by atoms with Crippen LogP contribution in [0.15, 0.2) is 63.2 Å². The molecular weight excluding hydrogens is 452 g/mol. The maximum Gasteiger partial charge on any atom is 0.278 e. The molecule has 0 saturated heterocycles. The number of aromatic amines is 1. The predicted molar refractivity (Wildman–Crippen MR) is 134 cm³/mol. The van der Waals surface area contributed by atoms with Crippen molar-refractivity contribution < 1.29 is 17.9 Å². The highest BCUT2D eigenvalue weighted by molar-refractivity contribution is 7.85. The molecule has 9 heteroatoms. The minimum Gasteiger partial charge on any atom is -0.744 e. The number of H-pyrrole nitrogens is 1. The number of aromatic nitrogens is 2. The van der Waals surface area contributed by atoms with Gasteiger partial charge in [0.05, 0.1) is 41.5 Å². The fourth-order valence-electron chi connectivity index (χ4n) is 3.73. The van der Waals surface area contributed by atoms with Crippen LogP contribution in [0.25, 0.3) is 17.3 Å². The largest absolute Gasteiger partial charge is 0.744 e. The summed E-state index contributed by atoms with van der Waals surface area (Å²) in [4.78, 5) is 18.5. The SMILES string of the molecule is CC[NH+](CC)CC.Cc1[nH]n(-c2ccc(S(=O)(=O)[O-])cc2)c(=O)c1/C=C1/C=Nc2ccccc21. The molecule has 0 saturated carbocycles. The van der Waals surface area contributed by atoms with E-state index in [0.29, 0.717) is 16.9 Å². The highest BCUT2D eigenvalue weighted by Crippen LogP contribution is 2.32. The van der Waals surface area contributed by atoms with E-state index in [4.69, 9.17) is 0 Å². The Hall–Kier alpha value is -3.27. The van der Waals surface area contributed by atoms with Crippen molar-refractivity contribution in [3.05, 3.63) is 75.7 Å². The Kier molecular flexibility index (Phi) is 8.03. The second-order valence-corrected chi connectivity index (χ2v) is 9.30. The molecule has 0 radical (unpaired) electrons. The third-order valence-corrected chi connectivity index (χ3v) is 6.71. The van der Waals surface area contributed by atoms with Crippen LogP contribution in [-0.2, 0) is 10.1 Å². The second-order valence-electron chi connectivity index (χ2n) is 7.92. The molecular formula is C25H30N4O4S. The van der Waals surface area contributed by atoms with E-state index < -0.39 is 10.1 Å². The average Bonchev–Trinajstić information content (AvgIpc) is 3.36. The molecule has 1 aliphatic heterocycles. The number of aliphatic imine (C=N–C) groups is 1. The van der Waals surface area contributed by atoms with Crippen LogP contribution in [0.3, 0.4) is 0 Å². The molecule has 2 N–H and O–H groups in total. The zero-order valence-electron chi connectivity index (χ0n) is 19.8. The first-order valence-electron chi connectivity index (χ1n) is 11.3. The summed E-state index contributed by atoms with van der Waals surface area (Å²) in [5, 5.41) is 2.97. The molecule has 4 rings (SSSR count). The van der Waals surface area contributed by atoms with E-state index in [9.17, 15) is 17.8 Å². The van der Waals surface area contributed by atoms with Gasteiger partial charge in [-0.1, -0.05) is 18.2 Å². The lowest BCUT2D eigenvalue weighted by molar-refractivity contribution is -0.894. The fraction of sp³-hybridized carbons (Fsp3) is 0.280. The van der Waals surface area contributed by atoms with E-state index in [1.54, 1.807) is 24.1 Å². The van der Waals surface area contributed by atoms with E-state index in [1.165, 1.54) is 48.6 Å². The number of fused-ring (bicyclic) bond motifs is 1. The molecule has 0 aliphatic carbocycles. The maximum atomic E-state index is 12.8. The Morgan fingerprint density at radius 2 is 1.65 bits per heavy atom. The van der Waals surface area contributed by atoms with Gasteiger partial charge < -0.3 is 9.45 Å². The van der Waals surface area contributed by atoms with Gasteiger partial charge >= 0.3 is 0 Å². The summed E-state index contributed by atoms with van der Waals surface area (Å²) in [6.07, 6.45) is 3.49. The fourth-order valence-corrected chi connectivity index (χ4v) is 4.20. The van der Waals surface area contributed by atoms with Crippen molar-refractivity contribution in [1.29, 1.82) is 0 Å². The number of aryl methyl sites for hydroxylation is 1. The van der Waals surface area contributed by atoms with E-state index >= 15 is 0 Å². The number of nitrogens with zero attached hydrogens (tertiary/aromatic N) is 2. The van der Waals surface area contributed by atoms with Crippen LogP contribution in [0.2, 0.25) is 0 Å². The highest BCUT2D eigenvalue weighted by atomic mass is 32.2. The summed E-state index contributed by atoms with van der Waals surface area (Å²) in [7, 11) is -4.53. The van der Waals surface area contributed by atoms with Crippen molar-refractivity contribution in [1.82, 2.24) is 9.78 Å². The van der Waals surface area contributed by atoms with Gasteiger partial charge in [-0.25, -0.2) is 13.1 Å². The van der Waals surface area contributed by atoms with Crippen molar-refractivity contribution in [3.63, 3.8) is 0 Å². The van der Waals surface area contributed by atoms with Crippen molar-refractivity contribution >= 4 is 33.7 Å². The zero-order chi connectivity index (χ0) is 24.9. The molecule has 1 aliphatic rings. The summed E-state index contributed by atoms with van der Waals surface area (Å²) in [5.41, 5.74) is 3.93. The molecule has 0 atom stereocenters. The van der Waals surface area contributed by atoms with Gasteiger partial charge in [0.2, 0.25) is 0 Å². The molecule has 34 heavy (non-hydrogen) atoms. The Balaban J connectivity index is 0.000000406. The van der Waals surface area contributed by atoms with Crippen molar-refractivity contribution in [2.24, 2.45) is 4.99 Å². The summed E-state index contributed by atoms with van der Waals surface area (Å²) < 4.78 is 34.4. The average molecular weight is 483 g/mol. The third kappa shape index (κ3) is 5.61. The van der Waals surface area contributed by atoms with Gasteiger partial charge in [-0.05, 0) is 64.1 Å². The second kappa shape index (κ2) is 10.8. The first kappa shape index (κ1) is 25.4. The number of para-hydroxylation sites is 1. The quantitative estimate of drug-likeness (QED) is 0.526. The topological polar surface area (TPSA) is 112 Å². The summed E-state index contributed by atoms with van der Waals surface area (Å²) in [5.74, 6) is 0. The van der Waals surface area contributed by atoms with Crippen LogP contribution in [0.4, 0.5) is 5.69 Å². The van der Waals surface area contributed by atoms with Gasteiger partial charge in [0.15, 0.2) is 0 Å². The summed E-state index contributed by atoms with van der Waals surface area (Å²) in [6, 6.07) is 12.8. The van der Waals surface area contributed by atoms with Crippen LogP contribution < -0.4 is 10.5 Å². The molecule has 0 amide bonds. The minimum absolute atomic E-state index is 0.282. The van der Waals surface area contributed by atoms with E-state index in [2.05, 4.69) is 30.9 Å². The lowest BCUT2D eigenvalue weighted by atomic mass is 10.0. The van der Waals surface area contributed by atoms with Gasteiger partial charge in [0.25, 0.3) is 5.56 Å². The zero-order valence-corrected chi connectivity index (χ0v) is 20.6.